The van der Waals surface area contributed by atoms with E-state index in [9.17, 15) is 14.0 Å². The molecule has 9 heteroatoms. The smallest absolute Gasteiger partial charge is 0.257 e. The molecule has 1 aromatic carbocycles. The second kappa shape index (κ2) is 11.2. The SMILES string of the molecule is Cc1ncc(NC(=O)c2cc(F)cc(N3CCCCC3)c2)cc1C(=O)Nc1ccc(NC(C)C)nc1. The molecule has 0 radical (unpaired) electrons. The Kier molecular flexibility index (Phi) is 7.77. The first-order chi connectivity index (χ1) is 17.3. The van der Waals surface area contributed by atoms with Gasteiger partial charge in [-0.1, -0.05) is 0 Å². The molecule has 3 aromatic rings. The van der Waals surface area contributed by atoms with Crippen molar-refractivity contribution in [1.82, 2.24) is 9.97 Å². The second-order valence-electron chi connectivity index (χ2n) is 9.24. The van der Waals surface area contributed by atoms with Crippen LogP contribution in [0, 0.1) is 12.7 Å². The summed E-state index contributed by atoms with van der Waals surface area (Å²) in [5.74, 6) is -0.595. The van der Waals surface area contributed by atoms with Crippen molar-refractivity contribution in [2.45, 2.75) is 46.1 Å². The van der Waals surface area contributed by atoms with Gasteiger partial charge in [0.05, 0.1) is 35.0 Å². The monoisotopic (exact) mass is 490 g/mol. The minimum atomic E-state index is -0.470. The number of amides is 2. The van der Waals surface area contributed by atoms with Gasteiger partial charge >= 0.3 is 0 Å². The number of halogens is 1. The van der Waals surface area contributed by atoms with E-state index in [0.717, 1.165) is 32.4 Å². The Morgan fingerprint density at radius 3 is 2.33 bits per heavy atom. The van der Waals surface area contributed by atoms with Crippen molar-refractivity contribution in [2.75, 3.05) is 33.9 Å². The Hall–Kier alpha value is -4.01. The van der Waals surface area contributed by atoms with Crippen LogP contribution in [0.3, 0.4) is 0 Å². The minimum absolute atomic E-state index is 0.211. The van der Waals surface area contributed by atoms with E-state index < -0.39 is 11.7 Å². The molecule has 0 saturated carbocycles. The molecule has 1 saturated heterocycles. The first-order valence-corrected chi connectivity index (χ1v) is 12.2. The molecular weight excluding hydrogens is 459 g/mol. The topological polar surface area (TPSA) is 99.2 Å². The maximum absolute atomic E-state index is 14.3. The van der Waals surface area contributed by atoms with Crippen LogP contribution in [0.1, 0.15) is 59.5 Å². The van der Waals surface area contributed by atoms with Crippen LogP contribution in [0.4, 0.5) is 27.3 Å². The third kappa shape index (κ3) is 6.35. The van der Waals surface area contributed by atoms with E-state index in [2.05, 4.69) is 30.8 Å². The summed E-state index contributed by atoms with van der Waals surface area (Å²) in [6.07, 6.45) is 6.30. The fourth-order valence-corrected chi connectivity index (χ4v) is 4.12. The minimum Gasteiger partial charge on any atom is -0.371 e. The molecular formula is C27H31FN6O2. The first kappa shape index (κ1) is 25.1. The van der Waals surface area contributed by atoms with Gasteiger partial charge in [-0.05, 0) is 76.4 Å². The molecule has 3 heterocycles. The van der Waals surface area contributed by atoms with Gasteiger partial charge in [-0.25, -0.2) is 9.37 Å². The van der Waals surface area contributed by atoms with Gasteiger partial charge in [0.25, 0.3) is 11.8 Å². The third-order valence-electron chi connectivity index (χ3n) is 5.91. The van der Waals surface area contributed by atoms with Crippen LogP contribution in [0.25, 0.3) is 0 Å². The van der Waals surface area contributed by atoms with Gasteiger partial charge < -0.3 is 20.9 Å². The Bertz CT molecular complexity index is 1240. The number of aryl methyl sites for hydroxylation is 1. The van der Waals surface area contributed by atoms with Crippen LogP contribution in [0.15, 0.2) is 48.8 Å². The highest BCUT2D eigenvalue weighted by Gasteiger charge is 2.17. The summed E-state index contributed by atoms with van der Waals surface area (Å²) in [6.45, 7) is 7.43. The Balaban J connectivity index is 1.47. The van der Waals surface area contributed by atoms with Crippen molar-refractivity contribution < 1.29 is 14.0 Å². The lowest BCUT2D eigenvalue weighted by Gasteiger charge is -2.29. The van der Waals surface area contributed by atoms with Gasteiger partial charge in [0.1, 0.15) is 11.6 Å². The van der Waals surface area contributed by atoms with Gasteiger partial charge in [0.15, 0.2) is 0 Å². The summed E-state index contributed by atoms with van der Waals surface area (Å²) in [5, 5.41) is 8.74. The lowest BCUT2D eigenvalue weighted by molar-refractivity contribution is 0.101. The van der Waals surface area contributed by atoms with Crippen LogP contribution < -0.4 is 20.9 Å². The number of anilines is 4. The number of aromatic nitrogens is 2. The number of nitrogens with zero attached hydrogens (tertiary/aromatic N) is 3. The zero-order valence-corrected chi connectivity index (χ0v) is 20.8. The van der Waals surface area contributed by atoms with E-state index in [1.165, 1.54) is 18.3 Å². The fraction of sp³-hybridized carbons (Fsp3) is 0.333. The average Bonchev–Trinajstić information content (AvgIpc) is 2.86. The zero-order valence-electron chi connectivity index (χ0n) is 20.8. The molecule has 1 aliphatic heterocycles. The molecule has 0 bridgehead atoms. The zero-order chi connectivity index (χ0) is 25.7. The van der Waals surface area contributed by atoms with Crippen LogP contribution in [0.5, 0.6) is 0 Å². The van der Waals surface area contributed by atoms with Crippen molar-refractivity contribution in [3.05, 3.63) is 71.4 Å². The molecule has 3 N–H and O–H groups in total. The highest BCUT2D eigenvalue weighted by atomic mass is 19.1. The maximum atomic E-state index is 14.3. The Labute approximate surface area is 210 Å². The molecule has 2 amide bonds. The normalized spacial score (nSPS) is 13.4. The Morgan fingerprint density at radius 2 is 1.64 bits per heavy atom. The quantitative estimate of drug-likeness (QED) is 0.419. The summed E-state index contributed by atoms with van der Waals surface area (Å²) in [5.41, 5.74) is 2.61. The van der Waals surface area contributed by atoms with E-state index in [4.69, 9.17) is 0 Å². The van der Waals surface area contributed by atoms with Gasteiger partial charge in [0, 0.05) is 30.4 Å². The number of carbonyl (C=O) groups is 2. The van der Waals surface area contributed by atoms with E-state index in [-0.39, 0.29) is 17.5 Å². The van der Waals surface area contributed by atoms with Crippen LogP contribution in [-0.4, -0.2) is 40.9 Å². The predicted octanol–water partition coefficient (Wildman–Crippen LogP) is 5.24. The van der Waals surface area contributed by atoms with Gasteiger partial charge in [-0.3, -0.25) is 14.6 Å². The molecule has 0 unspecified atom stereocenters. The van der Waals surface area contributed by atoms with Crippen LogP contribution in [-0.2, 0) is 0 Å². The summed E-state index contributed by atoms with van der Waals surface area (Å²) in [6, 6.07) is 9.71. The first-order valence-electron chi connectivity index (χ1n) is 12.2. The molecule has 1 aliphatic rings. The van der Waals surface area contributed by atoms with Crippen molar-refractivity contribution >= 4 is 34.7 Å². The number of pyridine rings is 2. The third-order valence-corrected chi connectivity index (χ3v) is 5.91. The standard InChI is InChI=1S/C27H31FN6O2/c1-17(2)31-25-8-7-21(15-30-25)32-27(36)24-14-22(16-29-18(24)3)33-26(35)19-11-20(28)13-23(12-19)34-9-5-4-6-10-34/h7-8,11-17H,4-6,9-10H2,1-3H3,(H,30,31)(H,32,36)(H,33,35). The molecule has 0 atom stereocenters. The second-order valence-corrected chi connectivity index (χ2v) is 9.24. The van der Waals surface area contributed by atoms with Gasteiger partial charge in [-0.15, -0.1) is 0 Å². The highest BCUT2D eigenvalue weighted by Crippen LogP contribution is 2.24. The number of hydrogen-bond acceptors (Lipinski definition) is 6. The maximum Gasteiger partial charge on any atom is 0.257 e. The number of hydrogen-bond donors (Lipinski definition) is 3. The molecule has 2 aromatic heterocycles. The van der Waals surface area contributed by atoms with E-state index >= 15 is 0 Å². The van der Waals surface area contributed by atoms with Crippen molar-refractivity contribution in [3.8, 4) is 0 Å². The number of nitrogens with one attached hydrogen (secondary N) is 3. The number of rotatable bonds is 7. The number of benzene rings is 1. The largest absolute Gasteiger partial charge is 0.371 e. The summed E-state index contributed by atoms with van der Waals surface area (Å²) in [7, 11) is 0. The predicted molar refractivity (Wildman–Crippen MR) is 140 cm³/mol. The van der Waals surface area contributed by atoms with Crippen molar-refractivity contribution in [3.63, 3.8) is 0 Å². The molecule has 0 aliphatic carbocycles. The average molecular weight is 491 g/mol. The summed E-state index contributed by atoms with van der Waals surface area (Å²) >= 11 is 0. The van der Waals surface area contributed by atoms with Gasteiger partial charge in [0.2, 0.25) is 0 Å². The molecule has 1 fully saturated rings. The molecule has 4 rings (SSSR count). The molecule has 36 heavy (non-hydrogen) atoms. The molecule has 8 nitrogen and oxygen atoms in total. The van der Waals surface area contributed by atoms with E-state index in [0.29, 0.717) is 34.1 Å². The lowest BCUT2D eigenvalue weighted by Crippen LogP contribution is -2.29. The van der Waals surface area contributed by atoms with E-state index in [1.54, 1.807) is 37.4 Å². The number of carbonyl (C=O) groups excluding carboxylic acids is 2. The fourth-order valence-electron chi connectivity index (χ4n) is 4.12. The Morgan fingerprint density at radius 1 is 0.917 bits per heavy atom. The molecule has 0 spiro atoms. The van der Waals surface area contributed by atoms with E-state index in [1.807, 2.05) is 13.8 Å². The van der Waals surface area contributed by atoms with Crippen LogP contribution >= 0.6 is 0 Å². The molecule has 188 valence electrons. The summed E-state index contributed by atoms with van der Waals surface area (Å²) in [4.78, 5) is 36.5. The lowest BCUT2D eigenvalue weighted by atomic mass is 10.1. The van der Waals surface area contributed by atoms with Crippen molar-refractivity contribution in [1.29, 1.82) is 0 Å². The summed E-state index contributed by atoms with van der Waals surface area (Å²) < 4.78 is 14.3. The number of piperidine rings is 1. The van der Waals surface area contributed by atoms with Gasteiger partial charge in [-0.2, -0.15) is 0 Å². The van der Waals surface area contributed by atoms with Crippen molar-refractivity contribution in [2.24, 2.45) is 0 Å². The highest BCUT2D eigenvalue weighted by molar-refractivity contribution is 6.08. The van der Waals surface area contributed by atoms with Crippen LogP contribution in [0.2, 0.25) is 0 Å².